The summed E-state index contributed by atoms with van der Waals surface area (Å²) < 4.78 is 5.44. The molecule has 1 amide bonds. The highest BCUT2D eigenvalue weighted by Gasteiger charge is 2.52. The first-order chi connectivity index (χ1) is 11.6. The molecule has 142 valence electrons. The van der Waals surface area contributed by atoms with Gasteiger partial charge < -0.3 is 9.64 Å². The number of rotatable bonds is 16. The minimum atomic E-state index is -0.444. The maximum atomic E-state index is 12.0. The highest BCUT2D eigenvalue weighted by molar-refractivity contribution is 5.87. The van der Waals surface area contributed by atoms with E-state index in [0.717, 1.165) is 12.8 Å². The number of nitrogens with zero attached hydrogens (tertiary/aromatic N) is 1. The molecule has 1 heterocycles. The molecule has 0 aromatic rings. The van der Waals surface area contributed by atoms with Crippen molar-refractivity contribution in [2.24, 2.45) is 0 Å². The van der Waals surface area contributed by atoms with Crippen molar-refractivity contribution in [1.29, 1.82) is 0 Å². The molecule has 0 N–H and O–H groups in total. The fourth-order valence-electron chi connectivity index (χ4n) is 3.47. The number of hydrogen-bond acceptors (Lipinski definition) is 2. The molecular weight excluding hydrogens is 298 g/mol. The second-order valence-corrected chi connectivity index (χ2v) is 7.83. The second-order valence-electron chi connectivity index (χ2n) is 7.83. The third kappa shape index (κ3) is 9.05. The SMILES string of the molecule is CCCCCCCCCCCCCCCCC1(C(=O)N(C)C)CO1. The van der Waals surface area contributed by atoms with E-state index in [1.54, 1.807) is 4.90 Å². The maximum absolute atomic E-state index is 12.0. The van der Waals surface area contributed by atoms with Gasteiger partial charge in [0.15, 0.2) is 5.60 Å². The summed E-state index contributed by atoms with van der Waals surface area (Å²) in [5.41, 5.74) is -0.444. The molecule has 1 aliphatic heterocycles. The van der Waals surface area contributed by atoms with Crippen molar-refractivity contribution >= 4 is 5.91 Å². The van der Waals surface area contributed by atoms with Gasteiger partial charge in [-0.2, -0.15) is 0 Å². The Kier molecular flexibility index (Phi) is 11.4. The van der Waals surface area contributed by atoms with Crippen molar-refractivity contribution in [1.82, 2.24) is 4.90 Å². The molecule has 0 aliphatic carbocycles. The molecule has 0 spiro atoms. The number of ether oxygens (including phenoxy) is 1. The zero-order valence-corrected chi connectivity index (χ0v) is 16.6. The third-order valence-corrected chi connectivity index (χ3v) is 5.22. The lowest BCUT2D eigenvalue weighted by molar-refractivity contribution is -0.134. The summed E-state index contributed by atoms with van der Waals surface area (Å²) in [6.45, 7) is 2.91. The van der Waals surface area contributed by atoms with Gasteiger partial charge in [0.1, 0.15) is 0 Å². The molecule has 0 saturated carbocycles. The van der Waals surface area contributed by atoms with Crippen molar-refractivity contribution in [3.63, 3.8) is 0 Å². The number of epoxide rings is 1. The van der Waals surface area contributed by atoms with Gasteiger partial charge in [-0.25, -0.2) is 0 Å². The van der Waals surface area contributed by atoms with E-state index in [4.69, 9.17) is 4.74 Å². The van der Waals surface area contributed by atoms with Crippen molar-refractivity contribution < 1.29 is 9.53 Å². The highest BCUT2D eigenvalue weighted by atomic mass is 16.6. The molecule has 3 nitrogen and oxygen atoms in total. The predicted molar refractivity (Wildman–Crippen MR) is 102 cm³/mol. The van der Waals surface area contributed by atoms with Crippen LogP contribution in [0.15, 0.2) is 0 Å². The van der Waals surface area contributed by atoms with Gasteiger partial charge in [-0.15, -0.1) is 0 Å². The van der Waals surface area contributed by atoms with E-state index in [2.05, 4.69) is 6.92 Å². The van der Waals surface area contributed by atoms with E-state index in [0.29, 0.717) is 6.61 Å². The van der Waals surface area contributed by atoms with Gasteiger partial charge in [0, 0.05) is 14.1 Å². The highest BCUT2D eigenvalue weighted by Crippen LogP contribution is 2.34. The first-order valence-corrected chi connectivity index (χ1v) is 10.5. The standard InChI is InChI=1S/C21H41NO2/c1-4-5-6-7-8-9-10-11-12-13-14-15-16-17-18-21(19-24-21)20(23)22(2)3/h4-19H2,1-3H3. The molecule has 1 rings (SSSR count). The monoisotopic (exact) mass is 339 g/mol. The van der Waals surface area contributed by atoms with Gasteiger partial charge in [-0.1, -0.05) is 90.4 Å². The fourth-order valence-corrected chi connectivity index (χ4v) is 3.47. The lowest BCUT2D eigenvalue weighted by Crippen LogP contribution is -2.36. The van der Waals surface area contributed by atoms with Crippen LogP contribution in [0.1, 0.15) is 103 Å². The molecule has 1 atom stereocenters. The normalized spacial score (nSPS) is 19.5. The lowest BCUT2D eigenvalue weighted by atomic mass is 9.99. The Balaban J connectivity index is 1.81. The molecular formula is C21H41NO2. The van der Waals surface area contributed by atoms with Crippen LogP contribution in [0.25, 0.3) is 0 Å². The van der Waals surface area contributed by atoms with E-state index in [1.165, 1.54) is 83.5 Å². The Bertz CT molecular complexity index is 324. The summed E-state index contributed by atoms with van der Waals surface area (Å²) in [5, 5.41) is 0. The lowest BCUT2D eigenvalue weighted by Gasteiger charge is -2.16. The van der Waals surface area contributed by atoms with Gasteiger partial charge in [0.25, 0.3) is 5.91 Å². The molecule has 24 heavy (non-hydrogen) atoms. The summed E-state index contributed by atoms with van der Waals surface area (Å²) >= 11 is 0. The summed E-state index contributed by atoms with van der Waals surface area (Å²) in [5.74, 6) is 0.150. The van der Waals surface area contributed by atoms with E-state index < -0.39 is 5.60 Å². The minimum Gasteiger partial charge on any atom is -0.359 e. The zero-order valence-electron chi connectivity index (χ0n) is 16.6. The summed E-state index contributed by atoms with van der Waals surface area (Å²) in [6, 6.07) is 0. The molecule has 0 aromatic carbocycles. The Labute approximate surface area is 150 Å². The van der Waals surface area contributed by atoms with Crippen molar-refractivity contribution in [3.8, 4) is 0 Å². The third-order valence-electron chi connectivity index (χ3n) is 5.22. The smallest absolute Gasteiger partial charge is 0.256 e. The molecule has 0 radical (unpaired) electrons. The Hall–Kier alpha value is -0.570. The second kappa shape index (κ2) is 12.7. The zero-order chi connectivity index (χ0) is 17.7. The van der Waals surface area contributed by atoms with Gasteiger partial charge in [-0.05, 0) is 12.8 Å². The van der Waals surface area contributed by atoms with Crippen molar-refractivity contribution in [2.45, 2.75) is 109 Å². The van der Waals surface area contributed by atoms with Gasteiger partial charge in [0.05, 0.1) is 6.61 Å². The van der Waals surface area contributed by atoms with E-state index in [1.807, 2.05) is 14.1 Å². The molecule has 1 saturated heterocycles. The van der Waals surface area contributed by atoms with Crippen LogP contribution in [0.5, 0.6) is 0 Å². The van der Waals surface area contributed by atoms with E-state index >= 15 is 0 Å². The minimum absolute atomic E-state index is 0.150. The summed E-state index contributed by atoms with van der Waals surface area (Å²) in [7, 11) is 3.63. The van der Waals surface area contributed by atoms with Crippen molar-refractivity contribution in [3.05, 3.63) is 0 Å². The molecule has 3 heteroatoms. The van der Waals surface area contributed by atoms with E-state index in [9.17, 15) is 4.79 Å². The van der Waals surface area contributed by atoms with Gasteiger partial charge in [-0.3, -0.25) is 4.79 Å². The average molecular weight is 340 g/mol. The average Bonchev–Trinajstić information content (AvgIpc) is 3.35. The number of hydrogen-bond donors (Lipinski definition) is 0. The Morgan fingerprint density at radius 2 is 1.17 bits per heavy atom. The first-order valence-electron chi connectivity index (χ1n) is 10.5. The molecule has 1 aliphatic rings. The van der Waals surface area contributed by atoms with E-state index in [-0.39, 0.29) is 5.91 Å². The van der Waals surface area contributed by atoms with Gasteiger partial charge >= 0.3 is 0 Å². The fraction of sp³-hybridized carbons (Fsp3) is 0.952. The Morgan fingerprint density at radius 1 is 0.792 bits per heavy atom. The molecule has 1 fully saturated rings. The topological polar surface area (TPSA) is 32.8 Å². The number of unbranched alkanes of at least 4 members (excludes halogenated alkanes) is 13. The number of carbonyl (C=O) groups is 1. The number of amides is 1. The van der Waals surface area contributed by atoms with Crippen LogP contribution in [-0.4, -0.2) is 37.1 Å². The van der Waals surface area contributed by atoms with Crippen LogP contribution < -0.4 is 0 Å². The largest absolute Gasteiger partial charge is 0.359 e. The summed E-state index contributed by atoms with van der Waals surface area (Å²) in [6.07, 6.45) is 20.1. The number of likely N-dealkylation sites (N-methyl/N-ethyl adjacent to an activating group) is 1. The van der Waals surface area contributed by atoms with Crippen LogP contribution in [0, 0.1) is 0 Å². The predicted octanol–water partition coefficient (Wildman–Crippen LogP) is 5.72. The summed E-state index contributed by atoms with van der Waals surface area (Å²) in [4.78, 5) is 13.7. The number of carbonyl (C=O) groups excluding carboxylic acids is 1. The molecule has 1 unspecified atom stereocenters. The van der Waals surface area contributed by atoms with Crippen LogP contribution in [0.4, 0.5) is 0 Å². The van der Waals surface area contributed by atoms with Crippen molar-refractivity contribution in [2.75, 3.05) is 20.7 Å². The maximum Gasteiger partial charge on any atom is 0.256 e. The van der Waals surface area contributed by atoms with Crippen LogP contribution in [-0.2, 0) is 9.53 Å². The Morgan fingerprint density at radius 3 is 1.50 bits per heavy atom. The molecule has 0 bridgehead atoms. The quantitative estimate of drug-likeness (QED) is 0.266. The van der Waals surface area contributed by atoms with Crippen LogP contribution in [0.3, 0.4) is 0 Å². The molecule has 0 aromatic heterocycles. The van der Waals surface area contributed by atoms with Crippen LogP contribution >= 0.6 is 0 Å². The van der Waals surface area contributed by atoms with Crippen LogP contribution in [0.2, 0.25) is 0 Å². The van der Waals surface area contributed by atoms with Gasteiger partial charge in [0.2, 0.25) is 0 Å². The first kappa shape index (κ1) is 21.5.